The molecule has 1 aromatic rings. The van der Waals surface area contributed by atoms with Crippen molar-refractivity contribution in [3.8, 4) is 0 Å². The molecule has 0 bridgehead atoms. The zero-order chi connectivity index (χ0) is 16.1. The number of carbonyl (C=O) groups is 1. The SMILES string of the molecule is CCN(CC)C(=O)[C@H](C)N1CCN(c2ccc(Cl)cc2)CC1. The van der Waals surface area contributed by atoms with Crippen molar-refractivity contribution in [2.75, 3.05) is 44.2 Å². The number of hydrogen-bond donors (Lipinski definition) is 0. The van der Waals surface area contributed by atoms with E-state index in [2.05, 4.69) is 21.9 Å². The van der Waals surface area contributed by atoms with Crippen LogP contribution in [0.5, 0.6) is 0 Å². The van der Waals surface area contributed by atoms with Gasteiger partial charge in [0.15, 0.2) is 0 Å². The molecule has 4 nitrogen and oxygen atoms in total. The molecule has 1 aliphatic rings. The maximum Gasteiger partial charge on any atom is 0.239 e. The topological polar surface area (TPSA) is 26.8 Å². The van der Waals surface area contributed by atoms with Crippen molar-refractivity contribution in [2.45, 2.75) is 26.8 Å². The van der Waals surface area contributed by atoms with Gasteiger partial charge in [0, 0.05) is 50.0 Å². The number of anilines is 1. The van der Waals surface area contributed by atoms with Gasteiger partial charge in [-0.15, -0.1) is 0 Å². The molecule has 122 valence electrons. The minimum Gasteiger partial charge on any atom is -0.369 e. The summed E-state index contributed by atoms with van der Waals surface area (Å²) >= 11 is 5.94. The zero-order valence-corrected chi connectivity index (χ0v) is 14.5. The second-order valence-electron chi connectivity index (χ2n) is 5.69. The van der Waals surface area contributed by atoms with Crippen LogP contribution in [0.1, 0.15) is 20.8 Å². The van der Waals surface area contributed by atoms with Crippen molar-refractivity contribution >= 4 is 23.2 Å². The number of benzene rings is 1. The van der Waals surface area contributed by atoms with Gasteiger partial charge in [-0.1, -0.05) is 11.6 Å². The summed E-state index contributed by atoms with van der Waals surface area (Å²) in [6.45, 7) is 11.4. The molecule has 0 radical (unpaired) electrons. The number of nitrogens with zero attached hydrogens (tertiary/aromatic N) is 3. The number of piperazine rings is 1. The molecule has 0 N–H and O–H groups in total. The Morgan fingerprint density at radius 3 is 2.18 bits per heavy atom. The summed E-state index contributed by atoms with van der Waals surface area (Å²) in [6.07, 6.45) is 0. The fourth-order valence-corrected chi connectivity index (χ4v) is 3.10. The van der Waals surface area contributed by atoms with Crippen molar-refractivity contribution in [2.24, 2.45) is 0 Å². The number of hydrogen-bond acceptors (Lipinski definition) is 3. The van der Waals surface area contributed by atoms with E-state index >= 15 is 0 Å². The van der Waals surface area contributed by atoms with Gasteiger partial charge in [-0.05, 0) is 45.0 Å². The van der Waals surface area contributed by atoms with Crippen LogP contribution < -0.4 is 4.90 Å². The van der Waals surface area contributed by atoms with Crippen LogP contribution in [0.15, 0.2) is 24.3 Å². The van der Waals surface area contributed by atoms with Crippen LogP contribution in [-0.2, 0) is 4.79 Å². The van der Waals surface area contributed by atoms with E-state index < -0.39 is 0 Å². The summed E-state index contributed by atoms with van der Waals surface area (Å²) in [4.78, 5) is 19.0. The zero-order valence-electron chi connectivity index (χ0n) is 13.8. The second-order valence-corrected chi connectivity index (χ2v) is 6.12. The molecule has 0 unspecified atom stereocenters. The van der Waals surface area contributed by atoms with Gasteiger partial charge in [0.2, 0.25) is 5.91 Å². The summed E-state index contributed by atoms with van der Waals surface area (Å²) < 4.78 is 0. The molecular formula is C17H26ClN3O. The predicted octanol–water partition coefficient (Wildman–Crippen LogP) is 2.72. The van der Waals surface area contributed by atoms with Gasteiger partial charge in [-0.25, -0.2) is 0 Å². The van der Waals surface area contributed by atoms with Crippen LogP contribution in [0.2, 0.25) is 5.02 Å². The fraction of sp³-hybridized carbons (Fsp3) is 0.588. The second kappa shape index (κ2) is 7.84. The first-order valence-corrected chi connectivity index (χ1v) is 8.48. The highest BCUT2D eigenvalue weighted by atomic mass is 35.5. The molecule has 0 aromatic heterocycles. The van der Waals surface area contributed by atoms with Gasteiger partial charge in [0.05, 0.1) is 6.04 Å². The molecule has 1 fully saturated rings. The number of amides is 1. The van der Waals surface area contributed by atoms with Gasteiger partial charge in [-0.2, -0.15) is 0 Å². The van der Waals surface area contributed by atoms with Crippen LogP contribution in [0, 0.1) is 0 Å². The number of rotatable bonds is 5. The first-order chi connectivity index (χ1) is 10.6. The average molecular weight is 324 g/mol. The summed E-state index contributed by atoms with van der Waals surface area (Å²) in [5.74, 6) is 0.241. The normalized spacial score (nSPS) is 17.4. The van der Waals surface area contributed by atoms with Crippen molar-refractivity contribution in [3.05, 3.63) is 29.3 Å². The summed E-state index contributed by atoms with van der Waals surface area (Å²) in [5.41, 5.74) is 1.20. The molecule has 1 heterocycles. The van der Waals surface area contributed by atoms with Crippen LogP contribution in [0.25, 0.3) is 0 Å². The maximum atomic E-state index is 12.4. The Hall–Kier alpha value is -1.26. The van der Waals surface area contributed by atoms with Gasteiger partial charge in [0.1, 0.15) is 0 Å². The van der Waals surface area contributed by atoms with Crippen LogP contribution >= 0.6 is 11.6 Å². The molecule has 1 saturated heterocycles. The summed E-state index contributed by atoms with van der Waals surface area (Å²) in [6, 6.07) is 7.93. The fourth-order valence-electron chi connectivity index (χ4n) is 2.98. The highest BCUT2D eigenvalue weighted by Crippen LogP contribution is 2.20. The predicted molar refractivity (Wildman–Crippen MR) is 92.6 cm³/mol. The van der Waals surface area contributed by atoms with E-state index in [9.17, 15) is 4.79 Å². The van der Waals surface area contributed by atoms with E-state index in [0.29, 0.717) is 0 Å². The molecule has 2 rings (SSSR count). The van der Waals surface area contributed by atoms with Gasteiger partial charge in [-0.3, -0.25) is 9.69 Å². The van der Waals surface area contributed by atoms with E-state index in [-0.39, 0.29) is 11.9 Å². The summed E-state index contributed by atoms with van der Waals surface area (Å²) in [5, 5.41) is 0.765. The molecule has 1 aromatic carbocycles. The lowest BCUT2D eigenvalue weighted by atomic mass is 10.2. The molecule has 1 aliphatic heterocycles. The Labute approximate surface area is 138 Å². The number of halogens is 1. The molecule has 0 spiro atoms. The minimum atomic E-state index is -0.0349. The molecule has 0 aliphatic carbocycles. The van der Waals surface area contributed by atoms with Crippen LogP contribution in [0.4, 0.5) is 5.69 Å². The van der Waals surface area contributed by atoms with Crippen LogP contribution in [-0.4, -0.2) is 61.0 Å². The van der Waals surface area contributed by atoms with Gasteiger partial charge in [0.25, 0.3) is 0 Å². The highest BCUT2D eigenvalue weighted by molar-refractivity contribution is 6.30. The quantitative estimate of drug-likeness (QED) is 0.833. The summed E-state index contributed by atoms with van der Waals surface area (Å²) in [7, 11) is 0. The smallest absolute Gasteiger partial charge is 0.239 e. The van der Waals surface area contributed by atoms with Crippen molar-refractivity contribution in [1.29, 1.82) is 0 Å². The van der Waals surface area contributed by atoms with Crippen LogP contribution in [0.3, 0.4) is 0 Å². The maximum absolute atomic E-state index is 12.4. The molecule has 1 amide bonds. The molecule has 22 heavy (non-hydrogen) atoms. The van der Waals surface area contributed by atoms with Crippen molar-refractivity contribution in [3.63, 3.8) is 0 Å². The standard InChI is InChI=1S/C17H26ClN3O/c1-4-19(5-2)17(22)14(3)20-10-12-21(13-11-20)16-8-6-15(18)7-9-16/h6-9,14H,4-5,10-13H2,1-3H3/t14-/m0/s1. The number of carbonyl (C=O) groups excluding carboxylic acids is 1. The van der Waals surface area contributed by atoms with E-state index in [1.54, 1.807) is 0 Å². The Balaban J connectivity index is 1.91. The van der Waals surface area contributed by atoms with E-state index in [1.807, 2.05) is 37.8 Å². The Morgan fingerprint density at radius 2 is 1.68 bits per heavy atom. The van der Waals surface area contributed by atoms with Crippen molar-refractivity contribution in [1.82, 2.24) is 9.80 Å². The van der Waals surface area contributed by atoms with Gasteiger partial charge < -0.3 is 9.80 Å². The molecule has 5 heteroatoms. The van der Waals surface area contributed by atoms with E-state index in [0.717, 1.165) is 44.3 Å². The lowest BCUT2D eigenvalue weighted by Gasteiger charge is -2.39. The lowest BCUT2D eigenvalue weighted by molar-refractivity contribution is -0.136. The Kier molecular flexibility index (Phi) is 6.09. The first-order valence-electron chi connectivity index (χ1n) is 8.10. The minimum absolute atomic E-state index is 0.0349. The molecular weight excluding hydrogens is 298 g/mol. The lowest BCUT2D eigenvalue weighted by Crippen LogP contribution is -2.54. The Bertz CT molecular complexity index is 479. The third-order valence-electron chi connectivity index (χ3n) is 4.49. The van der Waals surface area contributed by atoms with Gasteiger partial charge >= 0.3 is 0 Å². The van der Waals surface area contributed by atoms with E-state index in [1.165, 1.54) is 5.69 Å². The molecule has 1 atom stereocenters. The molecule has 0 saturated carbocycles. The highest BCUT2D eigenvalue weighted by Gasteiger charge is 2.27. The van der Waals surface area contributed by atoms with Crippen molar-refractivity contribution < 1.29 is 4.79 Å². The van der Waals surface area contributed by atoms with E-state index in [4.69, 9.17) is 11.6 Å². The first kappa shape index (κ1) is 17.1. The third kappa shape index (κ3) is 3.93. The average Bonchev–Trinajstić information content (AvgIpc) is 2.56. The largest absolute Gasteiger partial charge is 0.369 e. The Morgan fingerprint density at radius 1 is 1.14 bits per heavy atom. The number of likely N-dealkylation sites (N-methyl/N-ethyl adjacent to an activating group) is 1. The monoisotopic (exact) mass is 323 g/mol. The third-order valence-corrected chi connectivity index (χ3v) is 4.74.